The first-order valence-electron chi connectivity index (χ1n) is 7.30. The molecule has 2 aromatic carbocycles. The number of hydrogen-bond acceptors (Lipinski definition) is 2. The number of quaternary nitrogens is 1. The average molecular weight is 282 g/mol. The van der Waals surface area contributed by atoms with Crippen molar-refractivity contribution < 1.29 is 14.4 Å². The van der Waals surface area contributed by atoms with Crippen molar-refractivity contribution in [1.29, 1.82) is 0 Å². The molecule has 0 bridgehead atoms. The lowest BCUT2D eigenvalue weighted by molar-refractivity contribution is -0.840. The third-order valence-corrected chi connectivity index (χ3v) is 4.39. The van der Waals surface area contributed by atoms with Crippen molar-refractivity contribution in [3.05, 3.63) is 65.7 Å². The van der Waals surface area contributed by atoms with E-state index in [1.165, 1.54) is 5.56 Å². The number of amides is 1. The third kappa shape index (κ3) is 2.69. The number of rotatable bonds is 3. The molecule has 1 saturated heterocycles. The van der Waals surface area contributed by atoms with Crippen molar-refractivity contribution in [2.75, 3.05) is 13.6 Å². The van der Waals surface area contributed by atoms with Crippen LogP contribution in [-0.4, -0.2) is 29.1 Å². The van der Waals surface area contributed by atoms with E-state index in [0.717, 1.165) is 25.1 Å². The number of likely N-dealkylation sites (N-methyl/N-ethyl adjacent to an activating group) is 1. The molecule has 1 heterocycles. The fourth-order valence-electron chi connectivity index (χ4n) is 3.22. The Morgan fingerprint density at radius 2 is 1.90 bits per heavy atom. The van der Waals surface area contributed by atoms with Crippen LogP contribution in [0, 0.1) is 0 Å². The molecule has 0 spiro atoms. The quantitative estimate of drug-likeness (QED) is 0.879. The van der Waals surface area contributed by atoms with Gasteiger partial charge in [-0.25, -0.2) is 4.79 Å². The van der Waals surface area contributed by atoms with Crippen LogP contribution in [0.25, 0.3) is 0 Å². The smallest absolute Gasteiger partial charge is 0.321 e. The van der Waals surface area contributed by atoms with E-state index < -0.39 is 0 Å². The molecule has 1 amide bonds. The average Bonchev–Trinajstić information content (AvgIpc) is 2.76. The molecule has 2 atom stereocenters. The van der Waals surface area contributed by atoms with Gasteiger partial charge in [0.15, 0.2) is 0 Å². The molecule has 0 saturated carbocycles. The molecule has 3 nitrogen and oxygen atoms in total. The fraction of sp³-hybridized carbons (Fsp3) is 0.278. The van der Waals surface area contributed by atoms with E-state index in [0.29, 0.717) is 4.48 Å². The summed E-state index contributed by atoms with van der Waals surface area (Å²) in [5.74, 6) is 0.361. The molecule has 1 fully saturated rings. The van der Waals surface area contributed by atoms with Gasteiger partial charge in [0, 0.05) is 12.0 Å². The lowest BCUT2D eigenvalue weighted by Crippen LogP contribution is -2.45. The Morgan fingerprint density at radius 3 is 2.62 bits per heavy atom. The molecule has 1 N–H and O–H groups in total. The van der Waals surface area contributed by atoms with Gasteiger partial charge >= 0.3 is 5.91 Å². The van der Waals surface area contributed by atoms with Crippen LogP contribution in [0.15, 0.2) is 54.6 Å². The summed E-state index contributed by atoms with van der Waals surface area (Å²) in [5.41, 5.74) is 2.11. The second-order valence-corrected chi connectivity index (χ2v) is 6.04. The second kappa shape index (κ2) is 5.34. The Morgan fingerprint density at radius 1 is 1.14 bits per heavy atom. The first-order chi connectivity index (χ1) is 10.1. The first-order valence-corrected chi connectivity index (χ1v) is 7.30. The van der Waals surface area contributed by atoms with Crippen molar-refractivity contribution in [3.63, 3.8) is 0 Å². The summed E-state index contributed by atoms with van der Waals surface area (Å²) in [6.45, 7) is 1.57. The molecule has 2 aromatic rings. The topological polar surface area (TPSA) is 37.3 Å². The van der Waals surface area contributed by atoms with Crippen LogP contribution in [0.2, 0.25) is 0 Å². The highest BCUT2D eigenvalue weighted by Crippen LogP contribution is 2.35. The first kappa shape index (κ1) is 13.8. The van der Waals surface area contributed by atoms with Crippen LogP contribution < -0.4 is 0 Å². The number of aromatic hydroxyl groups is 1. The number of hydrogen-bond donors (Lipinski definition) is 1. The van der Waals surface area contributed by atoms with Crippen molar-refractivity contribution >= 4 is 5.91 Å². The molecule has 0 radical (unpaired) electrons. The Hall–Kier alpha value is -2.13. The lowest BCUT2D eigenvalue weighted by Gasteiger charge is -2.27. The summed E-state index contributed by atoms with van der Waals surface area (Å²) in [6, 6.07) is 17.2. The van der Waals surface area contributed by atoms with Crippen LogP contribution in [0.5, 0.6) is 5.75 Å². The normalized spacial score (nSPS) is 25.2. The predicted octanol–water partition coefficient (Wildman–Crippen LogP) is 3.05. The van der Waals surface area contributed by atoms with Gasteiger partial charge in [-0.2, -0.15) is 0 Å². The standard InChI is InChI=1S/C18H19NO2/c1-19(13-14-6-3-2-4-7-14)11-10-17(18(19)21)15-8-5-9-16(20)12-15/h2-9,12,17H,10-11,13H2,1H3/p+1. The number of benzene rings is 2. The summed E-state index contributed by atoms with van der Waals surface area (Å²) in [7, 11) is 2.01. The van der Waals surface area contributed by atoms with Crippen LogP contribution in [0.1, 0.15) is 23.5 Å². The highest BCUT2D eigenvalue weighted by Gasteiger charge is 2.45. The van der Waals surface area contributed by atoms with Gasteiger partial charge in [-0.15, -0.1) is 0 Å². The zero-order chi connectivity index (χ0) is 14.9. The van der Waals surface area contributed by atoms with E-state index in [-0.39, 0.29) is 17.6 Å². The van der Waals surface area contributed by atoms with Crippen molar-refractivity contribution in [1.82, 2.24) is 0 Å². The minimum absolute atomic E-state index is 0.106. The van der Waals surface area contributed by atoms with Crippen LogP contribution >= 0.6 is 0 Å². The summed E-state index contributed by atoms with van der Waals surface area (Å²) in [6.07, 6.45) is 0.839. The van der Waals surface area contributed by atoms with E-state index in [1.54, 1.807) is 18.2 Å². The minimum atomic E-state index is -0.106. The summed E-state index contributed by atoms with van der Waals surface area (Å²) in [4.78, 5) is 12.8. The molecule has 1 aliphatic heterocycles. The van der Waals surface area contributed by atoms with Gasteiger partial charge in [-0.3, -0.25) is 4.48 Å². The summed E-state index contributed by atoms with van der Waals surface area (Å²) in [5, 5.41) is 9.61. The Balaban J connectivity index is 1.82. The molecule has 1 aliphatic rings. The van der Waals surface area contributed by atoms with Gasteiger partial charge in [-0.1, -0.05) is 42.5 Å². The molecular formula is C18H20NO2+. The highest BCUT2D eigenvalue weighted by molar-refractivity contribution is 5.79. The number of phenolic OH excluding ortho intramolecular Hbond substituents is 1. The number of likely N-dealkylation sites (tertiary alicyclic amines) is 1. The lowest BCUT2D eigenvalue weighted by atomic mass is 9.97. The fourth-order valence-corrected chi connectivity index (χ4v) is 3.22. The maximum atomic E-state index is 12.8. The van der Waals surface area contributed by atoms with Crippen molar-refractivity contribution in [3.8, 4) is 5.75 Å². The molecule has 0 aliphatic carbocycles. The largest absolute Gasteiger partial charge is 0.508 e. The summed E-state index contributed by atoms with van der Waals surface area (Å²) < 4.78 is 0.435. The maximum Gasteiger partial charge on any atom is 0.321 e. The van der Waals surface area contributed by atoms with E-state index in [2.05, 4.69) is 12.1 Å². The number of phenols is 1. The Labute approximate surface area is 125 Å². The van der Waals surface area contributed by atoms with Crippen molar-refractivity contribution in [2.24, 2.45) is 0 Å². The minimum Gasteiger partial charge on any atom is -0.508 e. The second-order valence-electron chi connectivity index (χ2n) is 6.04. The van der Waals surface area contributed by atoms with Crippen molar-refractivity contribution in [2.45, 2.75) is 18.9 Å². The van der Waals surface area contributed by atoms with Gasteiger partial charge in [0.05, 0.1) is 13.6 Å². The molecule has 21 heavy (non-hydrogen) atoms. The SMILES string of the molecule is C[N+]1(Cc2ccccc2)CCC(c2cccc(O)c2)C1=O. The molecule has 3 rings (SSSR count). The molecule has 108 valence electrons. The van der Waals surface area contributed by atoms with Gasteiger partial charge in [-0.05, 0) is 17.7 Å². The molecule has 0 aromatic heterocycles. The van der Waals surface area contributed by atoms with Crippen LogP contribution in [0.3, 0.4) is 0 Å². The van der Waals surface area contributed by atoms with Gasteiger partial charge in [0.1, 0.15) is 18.2 Å². The van der Waals surface area contributed by atoms with E-state index in [9.17, 15) is 9.90 Å². The molecule has 3 heteroatoms. The van der Waals surface area contributed by atoms with Gasteiger partial charge in [0.2, 0.25) is 0 Å². The zero-order valence-corrected chi connectivity index (χ0v) is 12.2. The van der Waals surface area contributed by atoms with E-state index in [1.807, 2.05) is 31.3 Å². The third-order valence-electron chi connectivity index (χ3n) is 4.39. The zero-order valence-electron chi connectivity index (χ0n) is 12.2. The van der Waals surface area contributed by atoms with Gasteiger partial charge < -0.3 is 5.11 Å². The van der Waals surface area contributed by atoms with Crippen LogP contribution in [-0.2, 0) is 11.3 Å². The monoisotopic (exact) mass is 282 g/mol. The van der Waals surface area contributed by atoms with Gasteiger partial charge in [0.25, 0.3) is 0 Å². The Bertz CT molecular complexity index is 653. The molecular weight excluding hydrogens is 262 g/mol. The summed E-state index contributed by atoms with van der Waals surface area (Å²) >= 11 is 0. The Kier molecular flexibility index (Phi) is 3.52. The molecule has 2 unspecified atom stereocenters. The van der Waals surface area contributed by atoms with E-state index in [4.69, 9.17) is 0 Å². The highest BCUT2D eigenvalue weighted by atomic mass is 16.3. The van der Waals surface area contributed by atoms with Crippen LogP contribution in [0.4, 0.5) is 0 Å². The maximum absolute atomic E-state index is 12.8. The number of carbonyl (C=O) groups excluding carboxylic acids is 1. The predicted molar refractivity (Wildman–Crippen MR) is 81.7 cm³/mol. The van der Waals surface area contributed by atoms with E-state index >= 15 is 0 Å². The number of nitrogens with zero attached hydrogens (tertiary/aromatic N) is 1. The number of carbonyl (C=O) groups is 1.